The van der Waals surface area contributed by atoms with Crippen LogP contribution in [0, 0.1) is 0 Å². The summed E-state index contributed by atoms with van der Waals surface area (Å²) >= 11 is 0. The maximum Gasteiger partial charge on any atom is 0.416 e. The van der Waals surface area contributed by atoms with Gasteiger partial charge in [-0.15, -0.1) is 0 Å². The van der Waals surface area contributed by atoms with Crippen molar-refractivity contribution >= 4 is 27.3 Å². The summed E-state index contributed by atoms with van der Waals surface area (Å²) in [6.07, 6.45) is -4.05. The molecule has 0 saturated carbocycles. The van der Waals surface area contributed by atoms with Gasteiger partial charge in [0.15, 0.2) is 0 Å². The van der Waals surface area contributed by atoms with E-state index in [2.05, 4.69) is 5.32 Å². The number of halogens is 3. The van der Waals surface area contributed by atoms with Gasteiger partial charge in [-0.3, -0.25) is 9.10 Å². The van der Waals surface area contributed by atoms with E-state index in [1.165, 1.54) is 24.3 Å². The molecule has 168 valence electrons. The number of carbonyl (C=O) groups excluding carboxylic acids is 1. The Balaban J connectivity index is 1.96. The number of nitrogens with one attached hydrogen (secondary N) is 1. The zero-order chi connectivity index (χ0) is 23.4. The van der Waals surface area contributed by atoms with Gasteiger partial charge in [-0.1, -0.05) is 49.4 Å². The average molecular weight is 462 g/mol. The number of nitrogens with zero attached hydrogens (tertiary/aromatic N) is 1. The lowest BCUT2D eigenvalue weighted by atomic mass is 10.1. The highest BCUT2D eigenvalue weighted by Gasteiger charge is 2.31. The summed E-state index contributed by atoms with van der Waals surface area (Å²) in [6, 6.07) is 18.6. The number of hydrogen-bond acceptors (Lipinski definition) is 3. The summed E-state index contributed by atoms with van der Waals surface area (Å²) in [6.45, 7) is 1.25. The van der Waals surface area contributed by atoms with Crippen molar-refractivity contribution in [3.05, 3.63) is 90.0 Å². The predicted octanol–water partition coefficient (Wildman–Crippen LogP) is 5.10. The van der Waals surface area contributed by atoms with E-state index >= 15 is 0 Å². The monoisotopic (exact) mass is 462 g/mol. The molecule has 9 heteroatoms. The second-order valence-corrected chi connectivity index (χ2v) is 8.80. The average Bonchev–Trinajstić information content (AvgIpc) is 2.77. The van der Waals surface area contributed by atoms with E-state index in [0.717, 1.165) is 16.4 Å². The molecule has 0 saturated heterocycles. The van der Waals surface area contributed by atoms with Crippen LogP contribution in [0.25, 0.3) is 0 Å². The van der Waals surface area contributed by atoms with Gasteiger partial charge in [0, 0.05) is 5.69 Å². The molecule has 0 aromatic heterocycles. The Labute approximate surface area is 184 Å². The van der Waals surface area contributed by atoms with Crippen molar-refractivity contribution < 1.29 is 26.4 Å². The molecule has 0 heterocycles. The third-order valence-corrected chi connectivity index (χ3v) is 6.51. The largest absolute Gasteiger partial charge is 0.416 e. The van der Waals surface area contributed by atoms with Crippen LogP contribution in [-0.4, -0.2) is 20.9 Å². The first-order chi connectivity index (χ1) is 15.1. The Bertz CT molecular complexity index is 1200. The summed E-state index contributed by atoms with van der Waals surface area (Å²) in [5, 5.41) is 2.37. The molecule has 0 unspecified atom stereocenters. The number of carbonyl (C=O) groups is 1. The molecule has 0 aliphatic carbocycles. The van der Waals surface area contributed by atoms with E-state index in [1.807, 2.05) is 6.92 Å². The van der Waals surface area contributed by atoms with Crippen LogP contribution in [0.1, 0.15) is 18.1 Å². The Morgan fingerprint density at radius 1 is 0.938 bits per heavy atom. The molecule has 32 heavy (non-hydrogen) atoms. The third-order valence-electron chi connectivity index (χ3n) is 4.73. The van der Waals surface area contributed by atoms with Crippen LogP contribution < -0.4 is 9.62 Å². The maximum absolute atomic E-state index is 13.4. The van der Waals surface area contributed by atoms with Crippen LogP contribution in [0.3, 0.4) is 0 Å². The topological polar surface area (TPSA) is 66.5 Å². The molecule has 0 bridgehead atoms. The highest BCUT2D eigenvalue weighted by Crippen LogP contribution is 2.31. The third kappa shape index (κ3) is 5.28. The van der Waals surface area contributed by atoms with E-state index in [9.17, 15) is 26.4 Å². The van der Waals surface area contributed by atoms with Crippen LogP contribution in [0.5, 0.6) is 0 Å². The number of benzene rings is 3. The number of amides is 1. The minimum Gasteiger partial charge on any atom is -0.325 e. The Morgan fingerprint density at radius 3 is 2.25 bits per heavy atom. The van der Waals surface area contributed by atoms with E-state index in [0.29, 0.717) is 17.7 Å². The van der Waals surface area contributed by atoms with Crippen molar-refractivity contribution in [1.29, 1.82) is 0 Å². The zero-order valence-corrected chi connectivity index (χ0v) is 18.0. The molecule has 3 rings (SSSR count). The second kappa shape index (κ2) is 9.44. The van der Waals surface area contributed by atoms with Gasteiger partial charge in [0.2, 0.25) is 5.91 Å². The molecule has 5 nitrogen and oxygen atoms in total. The SMILES string of the molecule is CCc1ccccc1N(CC(=O)Nc1cccc(C(F)(F)F)c1)S(=O)(=O)c1ccccc1. The van der Waals surface area contributed by atoms with Crippen molar-refractivity contribution in [1.82, 2.24) is 0 Å². The van der Waals surface area contributed by atoms with Gasteiger partial charge in [-0.2, -0.15) is 13.2 Å². The quantitative estimate of drug-likeness (QED) is 0.531. The minimum absolute atomic E-state index is 0.00206. The number of para-hydroxylation sites is 1. The number of alkyl halides is 3. The smallest absolute Gasteiger partial charge is 0.325 e. The molecular weight excluding hydrogens is 441 g/mol. The van der Waals surface area contributed by atoms with Crippen molar-refractivity contribution in [2.75, 3.05) is 16.2 Å². The number of anilines is 2. The van der Waals surface area contributed by atoms with E-state index < -0.39 is 34.2 Å². The summed E-state index contributed by atoms with van der Waals surface area (Å²) in [5.41, 5.74) is 0.0444. The van der Waals surface area contributed by atoms with Crippen molar-refractivity contribution in [3.63, 3.8) is 0 Å². The molecule has 1 N–H and O–H groups in total. The first-order valence-corrected chi connectivity index (χ1v) is 11.2. The lowest BCUT2D eigenvalue weighted by molar-refractivity contribution is -0.137. The summed E-state index contributed by atoms with van der Waals surface area (Å²) in [7, 11) is -4.11. The predicted molar refractivity (Wildman–Crippen MR) is 117 cm³/mol. The Hall–Kier alpha value is -3.33. The lowest BCUT2D eigenvalue weighted by Gasteiger charge is -2.26. The number of rotatable bonds is 7. The molecule has 0 fully saturated rings. The van der Waals surface area contributed by atoms with Gasteiger partial charge in [-0.25, -0.2) is 8.42 Å². The van der Waals surface area contributed by atoms with Crippen molar-refractivity contribution in [2.24, 2.45) is 0 Å². The fourth-order valence-electron chi connectivity index (χ4n) is 3.18. The first kappa shape index (κ1) is 23.3. The molecule has 1 amide bonds. The Kier molecular flexibility index (Phi) is 6.88. The minimum atomic E-state index is -4.57. The van der Waals surface area contributed by atoms with E-state index in [-0.39, 0.29) is 10.6 Å². The van der Waals surface area contributed by atoms with Crippen molar-refractivity contribution in [3.8, 4) is 0 Å². The van der Waals surface area contributed by atoms with E-state index in [4.69, 9.17) is 0 Å². The highest BCUT2D eigenvalue weighted by atomic mass is 32.2. The zero-order valence-electron chi connectivity index (χ0n) is 17.1. The molecule has 0 radical (unpaired) electrons. The van der Waals surface area contributed by atoms with Gasteiger partial charge in [0.25, 0.3) is 10.0 Å². The van der Waals surface area contributed by atoms with Crippen LogP contribution in [0.4, 0.5) is 24.5 Å². The molecule has 0 atom stereocenters. The fraction of sp³-hybridized carbons (Fsp3) is 0.174. The summed E-state index contributed by atoms with van der Waals surface area (Å²) < 4.78 is 66.6. The maximum atomic E-state index is 13.4. The van der Waals surface area contributed by atoms with Crippen LogP contribution in [-0.2, 0) is 27.4 Å². The Morgan fingerprint density at radius 2 is 1.59 bits per heavy atom. The molecule has 3 aromatic carbocycles. The van der Waals surface area contributed by atoms with E-state index in [1.54, 1.807) is 42.5 Å². The number of hydrogen-bond donors (Lipinski definition) is 1. The number of sulfonamides is 1. The van der Waals surface area contributed by atoms with Crippen LogP contribution in [0.2, 0.25) is 0 Å². The second-order valence-electron chi connectivity index (χ2n) is 6.93. The fourth-order valence-corrected chi connectivity index (χ4v) is 4.66. The highest BCUT2D eigenvalue weighted by molar-refractivity contribution is 7.92. The molecule has 0 spiro atoms. The van der Waals surface area contributed by atoms with Gasteiger partial charge in [0.05, 0.1) is 16.1 Å². The lowest BCUT2D eigenvalue weighted by Crippen LogP contribution is -2.38. The van der Waals surface area contributed by atoms with Crippen molar-refractivity contribution in [2.45, 2.75) is 24.4 Å². The van der Waals surface area contributed by atoms with Crippen LogP contribution in [0.15, 0.2) is 83.8 Å². The first-order valence-electron chi connectivity index (χ1n) is 9.75. The molecule has 0 aliphatic heterocycles. The van der Waals surface area contributed by atoms with Crippen LogP contribution >= 0.6 is 0 Å². The van der Waals surface area contributed by atoms with Gasteiger partial charge < -0.3 is 5.32 Å². The van der Waals surface area contributed by atoms with Gasteiger partial charge >= 0.3 is 6.18 Å². The molecule has 0 aliphatic rings. The summed E-state index contributed by atoms with van der Waals surface area (Å²) in [4.78, 5) is 12.7. The number of aryl methyl sites for hydroxylation is 1. The summed E-state index contributed by atoms with van der Waals surface area (Å²) in [5.74, 6) is -0.769. The van der Waals surface area contributed by atoms with Gasteiger partial charge in [0.1, 0.15) is 6.54 Å². The molecular formula is C23H21F3N2O3S. The standard InChI is InChI=1S/C23H21F3N2O3S/c1-2-17-9-6-7-14-21(17)28(32(30,31)20-12-4-3-5-13-20)16-22(29)27-19-11-8-10-18(15-19)23(24,25)26/h3-15H,2,16H2,1H3,(H,27,29). The normalized spacial score (nSPS) is 11.8. The van der Waals surface area contributed by atoms with Gasteiger partial charge in [-0.05, 0) is 48.4 Å². The molecule has 3 aromatic rings.